The quantitative estimate of drug-likeness (QED) is 0.393. The van der Waals surface area contributed by atoms with Gasteiger partial charge in [-0.3, -0.25) is 4.90 Å². The second-order valence-electron chi connectivity index (χ2n) is 8.89. The molecule has 0 aliphatic carbocycles. The van der Waals surface area contributed by atoms with Crippen LogP contribution in [0, 0.1) is 0 Å². The Morgan fingerprint density at radius 3 is 2.50 bits per heavy atom. The SMILES string of the molecule is COCC(Nc1ncnc2cc(-c3ccc(CN4CCN(C)CC4)cc3)sc12)c1ccccc1. The fourth-order valence-corrected chi connectivity index (χ4v) is 5.45. The number of thiophene rings is 1. The third-order valence-electron chi connectivity index (χ3n) is 6.40. The molecule has 1 unspecified atom stereocenters. The number of ether oxygens (including phenoxy) is 1. The average Bonchev–Trinajstić information content (AvgIpc) is 3.32. The molecule has 1 aliphatic heterocycles. The van der Waals surface area contributed by atoms with E-state index in [2.05, 4.69) is 74.6 Å². The zero-order valence-electron chi connectivity index (χ0n) is 19.8. The van der Waals surface area contributed by atoms with Gasteiger partial charge in [-0.15, -0.1) is 11.3 Å². The largest absolute Gasteiger partial charge is 0.382 e. The number of benzene rings is 2. The third kappa shape index (κ3) is 5.28. The Balaban J connectivity index is 1.35. The van der Waals surface area contributed by atoms with E-state index in [0.29, 0.717) is 6.61 Å². The van der Waals surface area contributed by atoms with Gasteiger partial charge in [0.1, 0.15) is 12.1 Å². The van der Waals surface area contributed by atoms with E-state index in [1.807, 2.05) is 18.2 Å². The highest BCUT2D eigenvalue weighted by Gasteiger charge is 2.17. The molecule has 1 fully saturated rings. The summed E-state index contributed by atoms with van der Waals surface area (Å²) in [6.45, 7) is 6.13. The van der Waals surface area contributed by atoms with Gasteiger partial charge in [-0.1, -0.05) is 54.6 Å². The van der Waals surface area contributed by atoms with E-state index in [1.54, 1.807) is 24.8 Å². The number of nitrogens with zero attached hydrogens (tertiary/aromatic N) is 4. The Labute approximate surface area is 205 Å². The number of likely N-dealkylation sites (N-methyl/N-ethyl adjacent to an activating group) is 1. The summed E-state index contributed by atoms with van der Waals surface area (Å²) >= 11 is 1.73. The summed E-state index contributed by atoms with van der Waals surface area (Å²) < 4.78 is 6.55. The van der Waals surface area contributed by atoms with E-state index in [9.17, 15) is 0 Å². The van der Waals surface area contributed by atoms with Crippen molar-refractivity contribution in [2.75, 3.05) is 52.3 Å². The molecule has 2 aromatic heterocycles. The second-order valence-corrected chi connectivity index (χ2v) is 9.94. The van der Waals surface area contributed by atoms with Crippen molar-refractivity contribution in [3.05, 3.63) is 78.1 Å². The molecule has 7 heteroatoms. The smallest absolute Gasteiger partial charge is 0.148 e. The lowest BCUT2D eigenvalue weighted by Crippen LogP contribution is -2.43. The number of methoxy groups -OCH3 is 1. The minimum Gasteiger partial charge on any atom is -0.382 e. The third-order valence-corrected chi connectivity index (χ3v) is 7.58. The number of hydrogen-bond acceptors (Lipinski definition) is 7. The van der Waals surface area contributed by atoms with Crippen molar-refractivity contribution in [1.29, 1.82) is 0 Å². The Morgan fingerprint density at radius 2 is 1.76 bits per heavy atom. The number of hydrogen-bond donors (Lipinski definition) is 1. The molecule has 1 atom stereocenters. The van der Waals surface area contributed by atoms with Gasteiger partial charge in [-0.2, -0.15) is 0 Å². The fourth-order valence-electron chi connectivity index (χ4n) is 4.38. The number of aromatic nitrogens is 2. The summed E-state index contributed by atoms with van der Waals surface area (Å²) in [4.78, 5) is 15.2. The van der Waals surface area contributed by atoms with Crippen LogP contribution in [0.4, 0.5) is 5.82 Å². The molecule has 0 saturated carbocycles. The highest BCUT2D eigenvalue weighted by atomic mass is 32.1. The van der Waals surface area contributed by atoms with Gasteiger partial charge in [0.25, 0.3) is 0 Å². The summed E-state index contributed by atoms with van der Waals surface area (Å²) in [6, 6.07) is 21.5. The molecule has 1 aliphatic rings. The maximum absolute atomic E-state index is 5.48. The number of fused-ring (bicyclic) bond motifs is 1. The van der Waals surface area contributed by atoms with Crippen LogP contribution in [0.2, 0.25) is 0 Å². The lowest BCUT2D eigenvalue weighted by Gasteiger charge is -2.32. The molecule has 0 bridgehead atoms. The Hall–Kier alpha value is -2.84. The molecule has 0 amide bonds. The predicted molar refractivity (Wildman–Crippen MR) is 140 cm³/mol. The van der Waals surface area contributed by atoms with Crippen molar-refractivity contribution in [1.82, 2.24) is 19.8 Å². The molecule has 3 heterocycles. The molecule has 176 valence electrons. The van der Waals surface area contributed by atoms with Crippen LogP contribution in [0.15, 0.2) is 67.0 Å². The van der Waals surface area contributed by atoms with Gasteiger partial charge in [0.05, 0.1) is 22.9 Å². The molecule has 0 radical (unpaired) electrons. The number of piperazine rings is 1. The Bertz CT molecular complexity index is 1200. The molecule has 0 spiro atoms. The molecule has 34 heavy (non-hydrogen) atoms. The summed E-state index contributed by atoms with van der Waals surface area (Å²) in [7, 11) is 3.92. The van der Waals surface area contributed by atoms with E-state index < -0.39 is 0 Å². The van der Waals surface area contributed by atoms with E-state index in [-0.39, 0.29) is 6.04 Å². The van der Waals surface area contributed by atoms with Crippen molar-refractivity contribution in [2.24, 2.45) is 0 Å². The Morgan fingerprint density at radius 1 is 1.00 bits per heavy atom. The van der Waals surface area contributed by atoms with Gasteiger partial charge >= 0.3 is 0 Å². The molecule has 2 aromatic carbocycles. The van der Waals surface area contributed by atoms with Crippen LogP contribution in [0.3, 0.4) is 0 Å². The molecule has 4 aromatic rings. The van der Waals surface area contributed by atoms with Crippen LogP contribution in [0.25, 0.3) is 20.7 Å². The molecule has 1 N–H and O–H groups in total. The molecular weight excluding hydrogens is 442 g/mol. The predicted octanol–water partition coefficient (Wildman–Crippen LogP) is 4.91. The first kappa shape index (κ1) is 22.9. The van der Waals surface area contributed by atoms with Crippen LogP contribution < -0.4 is 5.32 Å². The summed E-state index contributed by atoms with van der Waals surface area (Å²) in [5, 5.41) is 3.59. The monoisotopic (exact) mass is 473 g/mol. The standard InChI is InChI=1S/C27H31N5OS/c1-31-12-14-32(15-13-31)17-20-8-10-22(11-9-20)25-16-23-26(34-25)27(29-19-28-23)30-24(18-33-2)21-6-4-3-5-7-21/h3-11,16,19,24H,12-15,17-18H2,1-2H3,(H,28,29,30). The van der Waals surface area contributed by atoms with Gasteiger partial charge < -0.3 is 15.0 Å². The average molecular weight is 474 g/mol. The van der Waals surface area contributed by atoms with E-state index in [0.717, 1.165) is 48.8 Å². The number of rotatable bonds is 8. The van der Waals surface area contributed by atoms with Gasteiger partial charge in [0.2, 0.25) is 0 Å². The van der Waals surface area contributed by atoms with Crippen molar-refractivity contribution >= 4 is 27.4 Å². The van der Waals surface area contributed by atoms with Crippen LogP contribution in [0.5, 0.6) is 0 Å². The van der Waals surface area contributed by atoms with Crippen LogP contribution in [-0.2, 0) is 11.3 Å². The van der Waals surface area contributed by atoms with E-state index in [4.69, 9.17) is 4.74 Å². The normalized spacial score (nSPS) is 16.1. The van der Waals surface area contributed by atoms with Crippen LogP contribution >= 0.6 is 11.3 Å². The molecule has 1 saturated heterocycles. The number of nitrogens with one attached hydrogen (secondary N) is 1. The van der Waals surface area contributed by atoms with Gasteiger partial charge in [0, 0.05) is 44.7 Å². The lowest BCUT2D eigenvalue weighted by atomic mass is 10.1. The minimum absolute atomic E-state index is 0.0173. The second kappa shape index (κ2) is 10.6. The Kier molecular flexibility index (Phi) is 7.16. The molecule has 5 rings (SSSR count). The first-order chi connectivity index (χ1) is 16.7. The van der Waals surface area contributed by atoms with E-state index in [1.165, 1.54) is 21.6 Å². The zero-order valence-corrected chi connectivity index (χ0v) is 20.6. The molecular formula is C27H31N5OS. The van der Waals surface area contributed by atoms with Crippen LogP contribution in [-0.4, -0.2) is 66.7 Å². The lowest BCUT2D eigenvalue weighted by molar-refractivity contribution is 0.148. The fraction of sp³-hybridized carbons (Fsp3) is 0.333. The molecule has 6 nitrogen and oxygen atoms in total. The highest BCUT2D eigenvalue weighted by Crippen LogP contribution is 2.36. The summed E-state index contributed by atoms with van der Waals surface area (Å²) in [5.41, 5.74) is 4.71. The first-order valence-electron chi connectivity index (χ1n) is 11.7. The minimum atomic E-state index is 0.0173. The first-order valence-corrected chi connectivity index (χ1v) is 12.6. The topological polar surface area (TPSA) is 53.5 Å². The van der Waals surface area contributed by atoms with Crippen molar-refractivity contribution < 1.29 is 4.74 Å². The maximum atomic E-state index is 5.48. The zero-order chi connectivity index (χ0) is 23.3. The van der Waals surface area contributed by atoms with Gasteiger partial charge in [-0.05, 0) is 29.8 Å². The van der Waals surface area contributed by atoms with Crippen molar-refractivity contribution in [3.63, 3.8) is 0 Å². The summed E-state index contributed by atoms with van der Waals surface area (Å²) in [6.07, 6.45) is 1.63. The maximum Gasteiger partial charge on any atom is 0.148 e. The van der Waals surface area contributed by atoms with Crippen molar-refractivity contribution in [3.8, 4) is 10.4 Å². The number of anilines is 1. The van der Waals surface area contributed by atoms with Crippen LogP contribution in [0.1, 0.15) is 17.2 Å². The van der Waals surface area contributed by atoms with Gasteiger partial charge in [-0.25, -0.2) is 9.97 Å². The highest BCUT2D eigenvalue weighted by molar-refractivity contribution is 7.22. The van der Waals surface area contributed by atoms with Crippen molar-refractivity contribution in [2.45, 2.75) is 12.6 Å². The van der Waals surface area contributed by atoms with E-state index >= 15 is 0 Å². The summed E-state index contributed by atoms with van der Waals surface area (Å²) in [5.74, 6) is 0.846. The van der Waals surface area contributed by atoms with Gasteiger partial charge in [0.15, 0.2) is 0 Å².